The van der Waals surface area contributed by atoms with E-state index in [-0.39, 0.29) is 11.3 Å². The van der Waals surface area contributed by atoms with E-state index in [4.69, 9.17) is 10.4 Å². The number of hydrogen-bond acceptors (Lipinski definition) is 3. The van der Waals surface area contributed by atoms with E-state index in [0.29, 0.717) is 4.47 Å². The van der Waals surface area contributed by atoms with Crippen LogP contribution in [0.1, 0.15) is 19.4 Å². The van der Waals surface area contributed by atoms with Gasteiger partial charge in [-0.1, -0.05) is 15.9 Å². The van der Waals surface area contributed by atoms with E-state index in [9.17, 15) is 9.59 Å². The highest BCUT2D eigenvalue weighted by Crippen LogP contribution is 2.24. The molecule has 0 heterocycles. The molecule has 0 fully saturated rings. The fraction of sp³-hybridized carbons (Fsp3) is 0.250. The number of halogens is 1. The van der Waals surface area contributed by atoms with E-state index in [1.54, 1.807) is 12.1 Å². The van der Waals surface area contributed by atoms with E-state index < -0.39 is 17.3 Å². The van der Waals surface area contributed by atoms with Crippen molar-refractivity contribution in [2.75, 3.05) is 5.32 Å². The summed E-state index contributed by atoms with van der Waals surface area (Å²) < 4.78 is 0.685. The molecule has 1 aromatic rings. The van der Waals surface area contributed by atoms with Crippen molar-refractivity contribution in [2.45, 2.75) is 13.8 Å². The fourth-order valence-electron chi connectivity index (χ4n) is 1.09. The largest absolute Gasteiger partial charge is 0.480 e. The van der Waals surface area contributed by atoms with Gasteiger partial charge in [0, 0.05) is 4.47 Å². The number of carbonyl (C=O) groups excluding carboxylic acids is 1. The Balaban J connectivity index is 3.06. The van der Waals surface area contributed by atoms with Crippen molar-refractivity contribution in [1.29, 1.82) is 5.26 Å². The van der Waals surface area contributed by atoms with Crippen molar-refractivity contribution >= 4 is 33.5 Å². The molecule has 6 heteroatoms. The van der Waals surface area contributed by atoms with Gasteiger partial charge in [0.05, 0.1) is 11.3 Å². The van der Waals surface area contributed by atoms with Gasteiger partial charge in [0.25, 0.3) is 0 Å². The van der Waals surface area contributed by atoms with Gasteiger partial charge < -0.3 is 10.4 Å². The Kier molecular flexibility index (Phi) is 4.09. The van der Waals surface area contributed by atoms with E-state index in [1.807, 2.05) is 6.07 Å². The quantitative estimate of drug-likeness (QED) is 0.839. The summed E-state index contributed by atoms with van der Waals surface area (Å²) in [5.41, 5.74) is -1.01. The van der Waals surface area contributed by atoms with Crippen LogP contribution in [0.2, 0.25) is 0 Å². The van der Waals surface area contributed by atoms with Gasteiger partial charge in [-0.05, 0) is 32.0 Å². The minimum Gasteiger partial charge on any atom is -0.480 e. The molecule has 0 aliphatic rings. The first-order chi connectivity index (χ1) is 8.28. The minimum atomic E-state index is -1.56. The van der Waals surface area contributed by atoms with Gasteiger partial charge in [-0.25, -0.2) is 0 Å². The molecule has 0 bridgehead atoms. The summed E-state index contributed by atoms with van der Waals surface area (Å²) in [6, 6.07) is 6.67. The average molecular weight is 311 g/mol. The number of rotatable bonds is 3. The molecule has 0 aliphatic carbocycles. The molecule has 0 saturated carbocycles. The summed E-state index contributed by atoms with van der Waals surface area (Å²) in [5.74, 6) is -1.90. The van der Waals surface area contributed by atoms with Gasteiger partial charge in [0.2, 0.25) is 5.91 Å². The summed E-state index contributed by atoms with van der Waals surface area (Å²) in [5, 5.41) is 20.3. The molecule has 18 heavy (non-hydrogen) atoms. The number of anilines is 1. The van der Waals surface area contributed by atoms with Crippen LogP contribution in [0.25, 0.3) is 0 Å². The first-order valence-electron chi connectivity index (χ1n) is 5.03. The highest BCUT2D eigenvalue weighted by Gasteiger charge is 2.36. The maximum atomic E-state index is 11.8. The summed E-state index contributed by atoms with van der Waals surface area (Å²) in [6.07, 6.45) is 0. The molecular weight excluding hydrogens is 300 g/mol. The predicted octanol–water partition coefficient (Wildman–Crippen LogP) is 2.37. The summed E-state index contributed by atoms with van der Waals surface area (Å²) >= 11 is 3.22. The second-order valence-corrected chi connectivity index (χ2v) is 5.10. The number of carboxylic acids is 1. The van der Waals surface area contributed by atoms with Crippen LogP contribution in [0.5, 0.6) is 0 Å². The molecule has 1 aromatic carbocycles. The number of benzene rings is 1. The lowest BCUT2D eigenvalue weighted by Crippen LogP contribution is -2.38. The molecule has 0 aromatic heterocycles. The topological polar surface area (TPSA) is 90.2 Å². The van der Waals surface area contributed by atoms with Gasteiger partial charge in [0.15, 0.2) is 0 Å². The first kappa shape index (κ1) is 14.2. The number of carbonyl (C=O) groups is 2. The molecule has 94 valence electrons. The van der Waals surface area contributed by atoms with Crippen LogP contribution in [0.3, 0.4) is 0 Å². The van der Waals surface area contributed by atoms with Crippen molar-refractivity contribution in [3.8, 4) is 6.07 Å². The van der Waals surface area contributed by atoms with Crippen molar-refractivity contribution in [1.82, 2.24) is 0 Å². The number of nitrogens with zero attached hydrogens (tertiary/aromatic N) is 1. The Bertz CT molecular complexity index is 547. The summed E-state index contributed by atoms with van der Waals surface area (Å²) in [4.78, 5) is 22.8. The molecule has 0 aliphatic heterocycles. The standard InChI is InChI=1S/C12H11BrN2O3/c1-12(2,11(17)18)10(16)15-9-5-8(13)4-3-7(9)6-14/h3-5H,1-2H3,(H,15,16)(H,17,18). The number of hydrogen-bond donors (Lipinski definition) is 2. The number of nitrogens with one attached hydrogen (secondary N) is 1. The second-order valence-electron chi connectivity index (χ2n) is 4.19. The highest BCUT2D eigenvalue weighted by atomic mass is 79.9. The second kappa shape index (κ2) is 5.19. The van der Waals surface area contributed by atoms with E-state index in [2.05, 4.69) is 21.2 Å². The zero-order valence-corrected chi connectivity index (χ0v) is 11.4. The maximum Gasteiger partial charge on any atom is 0.318 e. The molecular formula is C12H11BrN2O3. The summed E-state index contributed by atoms with van der Waals surface area (Å²) in [6.45, 7) is 2.60. The Morgan fingerprint density at radius 2 is 2.06 bits per heavy atom. The third-order valence-corrected chi connectivity index (χ3v) is 2.95. The SMILES string of the molecule is CC(C)(C(=O)O)C(=O)Nc1cc(Br)ccc1C#N. The van der Waals surface area contributed by atoms with Crippen LogP contribution in [0.15, 0.2) is 22.7 Å². The molecule has 0 saturated heterocycles. The highest BCUT2D eigenvalue weighted by molar-refractivity contribution is 9.10. The van der Waals surface area contributed by atoms with Crippen LogP contribution >= 0.6 is 15.9 Å². The fourth-order valence-corrected chi connectivity index (χ4v) is 1.45. The van der Waals surface area contributed by atoms with Crippen LogP contribution in [-0.2, 0) is 9.59 Å². The van der Waals surface area contributed by atoms with E-state index in [1.165, 1.54) is 19.9 Å². The van der Waals surface area contributed by atoms with Crippen LogP contribution in [0, 0.1) is 16.7 Å². The van der Waals surface area contributed by atoms with Crippen LogP contribution < -0.4 is 5.32 Å². The normalized spacial score (nSPS) is 10.6. The Labute approximate surface area is 113 Å². The predicted molar refractivity (Wildman–Crippen MR) is 68.9 cm³/mol. The van der Waals surface area contributed by atoms with Gasteiger partial charge in [-0.15, -0.1) is 0 Å². The van der Waals surface area contributed by atoms with Crippen molar-refractivity contribution < 1.29 is 14.7 Å². The Morgan fingerprint density at radius 3 is 2.56 bits per heavy atom. The minimum absolute atomic E-state index is 0.271. The Morgan fingerprint density at radius 1 is 1.44 bits per heavy atom. The zero-order chi connectivity index (χ0) is 13.9. The monoisotopic (exact) mass is 310 g/mol. The lowest BCUT2D eigenvalue weighted by molar-refractivity contribution is -0.151. The van der Waals surface area contributed by atoms with Gasteiger partial charge in [-0.3, -0.25) is 9.59 Å². The third kappa shape index (κ3) is 2.87. The summed E-state index contributed by atoms with van der Waals surface area (Å²) in [7, 11) is 0. The molecule has 5 nitrogen and oxygen atoms in total. The van der Waals surface area contributed by atoms with Crippen LogP contribution in [0.4, 0.5) is 5.69 Å². The van der Waals surface area contributed by atoms with Crippen molar-refractivity contribution in [2.24, 2.45) is 5.41 Å². The molecule has 2 N–H and O–H groups in total. The smallest absolute Gasteiger partial charge is 0.318 e. The third-order valence-electron chi connectivity index (χ3n) is 2.45. The van der Waals surface area contributed by atoms with Gasteiger partial charge >= 0.3 is 5.97 Å². The lowest BCUT2D eigenvalue weighted by Gasteiger charge is -2.18. The number of carboxylic acid groups (broad SMARTS) is 1. The molecule has 0 spiro atoms. The van der Waals surface area contributed by atoms with Crippen molar-refractivity contribution in [3.05, 3.63) is 28.2 Å². The molecule has 1 rings (SSSR count). The first-order valence-corrected chi connectivity index (χ1v) is 5.83. The molecule has 0 radical (unpaired) electrons. The number of amides is 1. The van der Waals surface area contributed by atoms with Crippen LogP contribution in [-0.4, -0.2) is 17.0 Å². The average Bonchev–Trinajstić information content (AvgIpc) is 2.29. The Hall–Kier alpha value is -1.87. The van der Waals surface area contributed by atoms with Gasteiger partial charge in [0.1, 0.15) is 11.5 Å². The van der Waals surface area contributed by atoms with E-state index >= 15 is 0 Å². The maximum absolute atomic E-state index is 11.8. The van der Waals surface area contributed by atoms with E-state index in [0.717, 1.165) is 0 Å². The van der Waals surface area contributed by atoms with Crippen molar-refractivity contribution in [3.63, 3.8) is 0 Å². The van der Waals surface area contributed by atoms with Gasteiger partial charge in [-0.2, -0.15) is 5.26 Å². The number of nitriles is 1. The zero-order valence-electron chi connectivity index (χ0n) is 9.82. The number of aliphatic carboxylic acids is 1. The molecule has 1 amide bonds. The molecule has 0 atom stereocenters. The molecule has 0 unspecified atom stereocenters. The lowest BCUT2D eigenvalue weighted by atomic mass is 9.92.